The minimum atomic E-state index is -3.78. The fourth-order valence-corrected chi connectivity index (χ4v) is 4.08. The van der Waals surface area contributed by atoms with Gasteiger partial charge >= 0.3 is 5.76 Å². The van der Waals surface area contributed by atoms with E-state index in [1.54, 1.807) is 25.1 Å². The lowest BCUT2D eigenvalue weighted by atomic mass is 10.1. The maximum atomic E-state index is 12.8. The smallest absolute Gasteiger partial charge is 0.408 e. The summed E-state index contributed by atoms with van der Waals surface area (Å²) in [6, 6.07) is 8.53. The molecule has 1 aromatic heterocycles. The van der Waals surface area contributed by atoms with Gasteiger partial charge in [-0.05, 0) is 61.7 Å². The predicted molar refractivity (Wildman–Crippen MR) is 92.9 cm³/mol. The van der Waals surface area contributed by atoms with E-state index < -0.39 is 15.8 Å². The van der Waals surface area contributed by atoms with E-state index in [0.717, 1.165) is 11.1 Å². The molecule has 3 rings (SSSR count). The number of hydrogen-bond acceptors (Lipinski definition) is 4. The van der Waals surface area contributed by atoms with Crippen LogP contribution in [0.25, 0.3) is 11.1 Å². The average Bonchev–Trinajstić information content (AvgIpc) is 2.70. The zero-order valence-corrected chi connectivity index (χ0v) is 14.7. The Morgan fingerprint density at radius 3 is 2.25 bits per heavy atom. The topological polar surface area (TPSA) is 81.3 Å². The number of anilines is 1. The zero-order chi connectivity index (χ0) is 17.6. The maximum Gasteiger partial charge on any atom is 0.419 e. The third-order valence-corrected chi connectivity index (χ3v) is 5.38. The zero-order valence-electron chi connectivity index (χ0n) is 13.9. The second-order valence-electron chi connectivity index (χ2n) is 5.99. The minimum absolute atomic E-state index is 0.116. The van der Waals surface area contributed by atoms with Crippen LogP contribution < -0.4 is 10.5 Å². The van der Waals surface area contributed by atoms with Crippen LogP contribution in [0.1, 0.15) is 16.7 Å². The number of oxazole rings is 1. The van der Waals surface area contributed by atoms with Gasteiger partial charge < -0.3 is 4.42 Å². The molecule has 0 saturated carbocycles. The molecule has 24 heavy (non-hydrogen) atoms. The maximum absolute atomic E-state index is 12.8. The van der Waals surface area contributed by atoms with Crippen LogP contribution in [0.5, 0.6) is 0 Å². The number of sulfonamides is 1. The van der Waals surface area contributed by atoms with Crippen molar-refractivity contribution in [2.75, 3.05) is 4.72 Å². The van der Waals surface area contributed by atoms with Crippen molar-refractivity contribution < 1.29 is 12.8 Å². The van der Waals surface area contributed by atoms with Crippen LogP contribution >= 0.6 is 0 Å². The molecule has 1 heterocycles. The van der Waals surface area contributed by atoms with Crippen molar-refractivity contribution in [2.24, 2.45) is 7.05 Å². The molecule has 0 aliphatic rings. The molecule has 6 nitrogen and oxygen atoms in total. The van der Waals surface area contributed by atoms with Gasteiger partial charge in [0.15, 0.2) is 5.58 Å². The van der Waals surface area contributed by atoms with Gasteiger partial charge in [-0.3, -0.25) is 9.29 Å². The van der Waals surface area contributed by atoms with Gasteiger partial charge in [-0.2, -0.15) is 0 Å². The summed E-state index contributed by atoms with van der Waals surface area (Å²) in [5.41, 5.74) is 3.76. The van der Waals surface area contributed by atoms with Crippen molar-refractivity contribution >= 4 is 26.8 Å². The van der Waals surface area contributed by atoms with E-state index in [1.165, 1.54) is 17.7 Å². The molecule has 1 N–H and O–H groups in total. The first-order valence-electron chi connectivity index (χ1n) is 7.39. The first-order chi connectivity index (χ1) is 11.2. The summed E-state index contributed by atoms with van der Waals surface area (Å²) >= 11 is 0. The Hall–Kier alpha value is -2.54. The highest BCUT2D eigenvalue weighted by Gasteiger charge is 2.20. The molecule has 0 aliphatic carbocycles. The third-order valence-electron chi connectivity index (χ3n) is 3.85. The van der Waals surface area contributed by atoms with E-state index in [1.807, 2.05) is 19.9 Å². The Morgan fingerprint density at radius 1 is 1.00 bits per heavy atom. The Bertz CT molecular complexity index is 1090. The largest absolute Gasteiger partial charge is 0.419 e. The molecule has 0 bridgehead atoms. The summed E-state index contributed by atoms with van der Waals surface area (Å²) in [7, 11) is -2.24. The lowest BCUT2D eigenvalue weighted by Crippen LogP contribution is -2.15. The van der Waals surface area contributed by atoms with Crippen LogP contribution in [-0.4, -0.2) is 13.0 Å². The first-order valence-corrected chi connectivity index (χ1v) is 8.87. The summed E-state index contributed by atoms with van der Waals surface area (Å²) in [5.74, 6) is -0.527. The predicted octanol–water partition coefficient (Wildman–Crippen LogP) is 2.86. The molecule has 0 atom stereocenters. The standard InChI is InChI=1S/C17H18N2O4S/c1-10-5-11(2)7-13(6-10)18-24(21,22)16-9-14-15(8-12(16)3)23-17(20)19(14)4/h5-9,18H,1-4H3. The second-order valence-corrected chi connectivity index (χ2v) is 7.65. The van der Waals surface area contributed by atoms with Crippen molar-refractivity contribution in [3.63, 3.8) is 0 Å². The lowest BCUT2D eigenvalue weighted by molar-refractivity contribution is 0.528. The number of benzene rings is 2. The van der Waals surface area contributed by atoms with Crippen LogP contribution in [0.15, 0.2) is 44.4 Å². The molecule has 7 heteroatoms. The number of aryl methyl sites for hydroxylation is 4. The molecule has 3 aromatic rings. The van der Waals surface area contributed by atoms with Gasteiger partial charge in [-0.25, -0.2) is 13.2 Å². The number of nitrogens with one attached hydrogen (secondary N) is 1. The molecule has 0 aliphatic heterocycles. The third kappa shape index (κ3) is 2.82. The van der Waals surface area contributed by atoms with Gasteiger partial charge in [0.05, 0.1) is 10.4 Å². The highest BCUT2D eigenvalue weighted by molar-refractivity contribution is 7.92. The number of rotatable bonds is 3. The van der Waals surface area contributed by atoms with Crippen LogP contribution in [0, 0.1) is 20.8 Å². The minimum Gasteiger partial charge on any atom is -0.408 e. The number of fused-ring (bicyclic) bond motifs is 1. The van der Waals surface area contributed by atoms with Crippen molar-refractivity contribution in [3.05, 3.63) is 57.6 Å². The van der Waals surface area contributed by atoms with Gasteiger partial charge in [0.2, 0.25) is 0 Å². The molecule has 2 aromatic carbocycles. The van der Waals surface area contributed by atoms with E-state index in [0.29, 0.717) is 22.4 Å². The Labute approximate surface area is 139 Å². The van der Waals surface area contributed by atoms with Crippen LogP contribution in [0.4, 0.5) is 5.69 Å². The van der Waals surface area contributed by atoms with E-state index >= 15 is 0 Å². The highest BCUT2D eigenvalue weighted by atomic mass is 32.2. The molecule has 0 spiro atoms. The van der Waals surface area contributed by atoms with Gasteiger partial charge in [-0.1, -0.05) is 6.07 Å². The van der Waals surface area contributed by atoms with Crippen molar-refractivity contribution in [1.29, 1.82) is 0 Å². The fraction of sp³-hybridized carbons (Fsp3) is 0.235. The van der Waals surface area contributed by atoms with Gasteiger partial charge in [0.25, 0.3) is 10.0 Å². The van der Waals surface area contributed by atoms with Crippen molar-refractivity contribution in [1.82, 2.24) is 4.57 Å². The van der Waals surface area contributed by atoms with Crippen LogP contribution in [-0.2, 0) is 17.1 Å². The molecule has 0 fully saturated rings. The molecule has 126 valence electrons. The van der Waals surface area contributed by atoms with Crippen LogP contribution in [0.2, 0.25) is 0 Å². The number of nitrogens with zero attached hydrogens (tertiary/aromatic N) is 1. The molecule has 0 saturated heterocycles. The number of aromatic nitrogens is 1. The summed E-state index contributed by atoms with van der Waals surface area (Å²) in [5, 5.41) is 0. The summed E-state index contributed by atoms with van der Waals surface area (Å²) in [6.07, 6.45) is 0. The Morgan fingerprint density at radius 2 is 1.62 bits per heavy atom. The van der Waals surface area contributed by atoms with Crippen molar-refractivity contribution in [2.45, 2.75) is 25.7 Å². The van der Waals surface area contributed by atoms with E-state index in [-0.39, 0.29) is 4.90 Å². The SMILES string of the molecule is Cc1cc(C)cc(NS(=O)(=O)c2cc3c(cc2C)oc(=O)n3C)c1. The molecular weight excluding hydrogens is 328 g/mol. The summed E-state index contributed by atoms with van der Waals surface area (Å²) < 4.78 is 34.5. The fourth-order valence-electron chi connectivity index (χ4n) is 2.79. The van der Waals surface area contributed by atoms with Gasteiger partial charge in [0.1, 0.15) is 0 Å². The summed E-state index contributed by atoms with van der Waals surface area (Å²) in [4.78, 5) is 11.7. The lowest BCUT2D eigenvalue weighted by Gasteiger charge is -2.12. The number of hydrogen-bond donors (Lipinski definition) is 1. The second kappa shape index (κ2) is 5.52. The van der Waals surface area contributed by atoms with Crippen LogP contribution in [0.3, 0.4) is 0 Å². The normalized spacial score (nSPS) is 11.8. The van der Waals surface area contributed by atoms with E-state index in [9.17, 15) is 13.2 Å². The van der Waals surface area contributed by atoms with E-state index in [2.05, 4.69) is 4.72 Å². The highest BCUT2D eigenvalue weighted by Crippen LogP contribution is 2.25. The Balaban J connectivity index is 2.12. The van der Waals surface area contributed by atoms with Crippen molar-refractivity contribution in [3.8, 4) is 0 Å². The average molecular weight is 346 g/mol. The molecule has 0 amide bonds. The van der Waals surface area contributed by atoms with Gasteiger partial charge in [-0.15, -0.1) is 0 Å². The monoisotopic (exact) mass is 346 g/mol. The first kappa shape index (κ1) is 16.3. The molecular formula is C17H18N2O4S. The molecule has 0 radical (unpaired) electrons. The molecule has 0 unspecified atom stereocenters. The Kier molecular flexibility index (Phi) is 3.76. The van der Waals surface area contributed by atoms with Gasteiger partial charge in [0, 0.05) is 12.7 Å². The summed E-state index contributed by atoms with van der Waals surface area (Å²) in [6.45, 7) is 5.48. The van der Waals surface area contributed by atoms with E-state index in [4.69, 9.17) is 4.42 Å². The quantitative estimate of drug-likeness (QED) is 0.791.